The Kier molecular flexibility index (Phi) is 6.47. The van der Waals surface area contributed by atoms with Gasteiger partial charge in [-0.25, -0.2) is 13.6 Å². The van der Waals surface area contributed by atoms with Crippen molar-refractivity contribution in [3.05, 3.63) is 83.2 Å². The molecule has 0 bridgehead atoms. The van der Waals surface area contributed by atoms with Crippen molar-refractivity contribution in [2.45, 2.75) is 38.3 Å². The number of urea groups is 1. The number of nitrogens with one attached hydrogen (secondary N) is 2. The second kappa shape index (κ2) is 9.83. The molecule has 2 amide bonds. The molecule has 6 nitrogen and oxygen atoms in total. The highest BCUT2D eigenvalue weighted by atomic mass is 19.2. The van der Waals surface area contributed by atoms with E-state index in [9.17, 15) is 13.6 Å². The van der Waals surface area contributed by atoms with Crippen LogP contribution in [0.5, 0.6) is 0 Å². The predicted octanol–water partition coefficient (Wildman–Crippen LogP) is 4.41. The summed E-state index contributed by atoms with van der Waals surface area (Å²) < 4.78 is 28.8. The van der Waals surface area contributed by atoms with Crippen LogP contribution < -0.4 is 15.5 Å². The fraction of sp³-hybridized carbons (Fsp3) is 0.385. The maximum absolute atomic E-state index is 13.5. The quantitative estimate of drug-likeness (QED) is 0.567. The average molecular weight is 466 g/mol. The molecule has 2 aromatic carbocycles. The summed E-state index contributed by atoms with van der Waals surface area (Å²) in [6.07, 6.45) is 5.64. The van der Waals surface area contributed by atoms with Crippen LogP contribution in [-0.4, -0.2) is 35.4 Å². The number of carbonyl (C=O) groups excluding carboxylic acids is 1. The van der Waals surface area contributed by atoms with E-state index in [-0.39, 0.29) is 18.0 Å². The third kappa shape index (κ3) is 4.90. The Hall–Kier alpha value is -3.42. The zero-order valence-corrected chi connectivity index (χ0v) is 19.0. The molecule has 8 heteroatoms. The molecule has 1 aliphatic heterocycles. The van der Waals surface area contributed by atoms with Gasteiger partial charge in [0.2, 0.25) is 0 Å². The van der Waals surface area contributed by atoms with Gasteiger partial charge in [-0.05, 0) is 49.3 Å². The number of anilines is 1. The van der Waals surface area contributed by atoms with Crippen molar-refractivity contribution in [1.82, 2.24) is 20.4 Å². The number of carbonyl (C=O) groups is 1. The SMILES string of the molecule is O=C(NCC1CCN(c2ccc(F)c(F)c2)C1)NC1CCCc2c1cnn2Cc1ccccc1. The van der Waals surface area contributed by atoms with Crippen molar-refractivity contribution in [3.63, 3.8) is 0 Å². The van der Waals surface area contributed by atoms with E-state index in [0.717, 1.165) is 50.4 Å². The van der Waals surface area contributed by atoms with E-state index in [0.29, 0.717) is 18.8 Å². The summed E-state index contributed by atoms with van der Waals surface area (Å²) in [5.74, 6) is -1.42. The Labute approximate surface area is 198 Å². The van der Waals surface area contributed by atoms with Gasteiger partial charge in [0.15, 0.2) is 11.6 Å². The number of nitrogens with zero attached hydrogens (tertiary/aromatic N) is 3. The predicted molar refractivity (Wildman–Crippen MR) is 127 cm³/mol. The lowest BCUT2D eigenvalue weighted by Gasteiger charge is -2.25. The minimum atomic E-state index is -0.839. The molecule has 2 atom stereocenters. The van der Waals surface area contributed by atoms with E-state index >= 15 is 0 Å². The van der Waals surface area contributed by atoms with Crippen LogP contribution in [-0.2, 0) is 13.0 Å². The molecule has 1 fully saturated rings. The Morgan fingerprint density at radius 1 is 1.09 bits per heavy atom. The van der Waals surface area contributed by atoms with Crippen LogP contribution in [0, 0.1) is 17.6 Å². The van der Waals surface area contributed by atoms with Gasteiger partial charge in [-0.3, -0.25) is 4.68 Å². The lowest BCUT2D eigenvalue weighted by Crippen LogP contribution is -2.41. The van der Waals surface area contributed by atoms with Crippen LogP contribution in [0.3, 0.4) is 0 Å². The van der Waals surface area contributed by atoms with Crippen LogP contribution in [0.4, 0.5) is 19.3 Å². The van der Waals surface area contributed by atoms with Crippen molar-refractivity contribution in [1.29, 1.82) is 0 Å². The van der Waals surface area contributed by atoms with Crippen LogP contribution in [0.1, 0.15) is 42.1 Å². The molecule has 1 aromatic heterocycles. The normalized spacial score (nSPS) is 19.6. The van der Waals surface area contributed by atoms with E-state index < -0.39 is 11.6 Å². The summed E-state index contributed by atoms with van der Waals surface area (Å²) in [7, 11) is 0. The number of hydrogen-bond acceptors (Lipinski definition) is 3. The van der Waals surface area contributed by atoms with Gasteiger partial charge in [0.1, 0.15) is 0 Å². The zero-order valence-electron chi connectivity index (χ0n) is 19.0. The Balaban J connectivity index is 1.14. The molecular formula is C26H29F2N5O. The van der Waals surface area contributed by atoms with Crippen LogP contribution in [0.15, 0.2) is 54.7 Å². The Morgan fingerprint density at radius 3 is 2.76 bits per heavy atom. The van der Waals surface area contributed by atoms with Crippen molar-refractivity contribution >= 4 is 11.7 Å². The molecule has 0 radical (unpaired) electrons. The molecule has 34 heavy (non-hydrogen) atoms. The van der Waals surface area contributed by atoms with E-state index in [4.69, 9.17) is 0 Å². The van der Waals surface area contributed by atoms with Crippen LogP contribution in [0.2, 0.25) is 0 Å². The van der Waals surface area contributed by atoms with Crippen LogP contribution in [0.25, 0.3) is 0 Å². The number of rotatable bonds is 6. The molecule has 2 N–H and O–H groups in total. The topological polar surface area (TPSA) is 62.2 Å². The van der Waals surface area contributed by atoms with Crippen molar-refractivity contribution in [2.24, 2.45) is 5.92 Å². The summed E-state index contributed by atoms with van der Waals surface area (Å²) in [5.41, 5.74) is 4.17. The van der Waals surface area contributed by atoms with Gasteiger partial charge < -0.3 is 15.5 Å². The van der Waals surface area contributed by atoms with Crippen molar-refractivity contribution < 1.29 is 13.6 Å². The number of amides is 2. The van der Waals surface area contributed by atoms with Gasteiger partial charge in [0, 0.05) is 42.6 Å². The smallest absolute Gasteiger partial charge is 0.315 e. The lowest BCUT2D eigenvalue weighted by atomic mass is 9.93. The van der Waals surface area contributed by atoms with Crippen molar-refractivity contribution in [2.75, 3.05) is 24.5 Å². The molecule has 2 heterocycles. The highest BCUT2D eigenvalue weighted by Crippen LogP contribution is 2.30. The fourth-order valence-corrected chi connectivity index (χ4v) is 5.02. The summed E-state index contributed by atoms with van der Waals surface area (Å²) in [5, 5.41) is 10.7. The highest BCUT2D eigenvalue weighted by molar-refractivity contribution is 5.74. The van der Waals surface area contributed by atoms with Gasteiger partial charge in [0.05, 0.1) is 18.8 Å². The average Bonchev–Trinajstić information content (AvgIpc) is 3.48. The third-order valence-electron chi connectivity index (χ3n) is 6.85. The molecule has 0 spiro atoms. The summed E-state index contributed by atoms with van der Waals surface area (Å²) in [6.45, 7) is 2.72. The minimum Gasteiger partial charge on any atom is -0.371 e. The summed E-state index contributed by atoms with van der Waals surface area (Å²) >= 11 is 0. The van der Waals surface area contributed by atoms with Gasteiger partial charge in [-0.15, -0.1) is 0 Å². The molecule has 3 aromatic rings. The maximum atomic E-state index is 13.5. The number of hydrogen-bond donors (Lipinski definition) is 2. The molecule has 1 aliphatic carbocycles. The first-order valence-electron chi connectivity index (χ1n) is 11.9. The van der Waals surface area contributed by atoms with Crippen LogP contribution >= 0.6 is 0 Å². The molecule has 1 saturated heterocycles. The summed E-state index contributed by atoms with van der Waals surface area (Å²) in [6, 6.07) is 14.0. The van der Waals surface area contributed by atoms with E-state index in [1.807, 2.05) is 34.0 Å². The standard InChI is InChI=1S/C26H29F2N5O/c27-22-10-9-20(13-23(22)28)32-12-11-19(16-32)14-29-26(34)31-24-7-4-8-25-21(24)15-30-33(25)17-18-5-2-1-3-6-18/h1-3,5-6,9-10,13,15,19,24H,4,7-8,11-12,14,16-17H2,(H2,29,31,34). The van der Waals surface area contributed by atoms with E-state index in [2.05, 4.69) is 27.9 Å². The third-order valence-corrected chi connectivity index (χ3v) is 6.85. The van der Waals surface area contributed by atoms with Crippen molar-refractivity contribution in [3.8, 4) is 0 Å². The van der Waals surface area contributed by atoms with Gasteiger partial charge >= 0.3 is 6.03 Å². The molecule has 5 rings (SSSR count). The fourth-order valence-electron chi connectivity index (χ4n) is 5.02. The highest BCUT2D eigenvalue weighted by Gasteiger charge is 2.27. The first kappa shape index (κ1) is 22.4. The van der Waals surface area contributed by atoms with Gasteiger partial charge in [-0.2, -0.15) is 5.10 Å². The zero-order chi connectivity index (χ0) is 23.5. The second-order valence-electron chi connectivity index (χ2n) is 9.19. The number of halogens is 2. The maximum Gasteiger partial charge on any atom is 0.315 e. The molecule has 178 valence electrons. The lowest BCUT2D eigenvalue weighted by molar-refractivity contribution is 0.234. The second-order valence-corrected chi connectivity index (χ2v) is 9.19. The summed E-state index contributed by atoms with van der Waals surface area (Å²) in [4.78, 5) is 14.7. The largest absolute Gasteiger partial charge is 0.371 e. The first-order valence-corrected chi connectivity index (χ1v) is 11.9. The minimum absolute atomic E-state index is 0.0458. The molecule has 0 saturated carbocycles. The number of benzene rings is 2. The molecular weight excluding hydrogens is 436 g/mol. The van der Waals surface area contributed by atoms with Gasteiger partial charge in [-0.1, -0.05) is 30.3 Å². The van der Waals surface area contributed by atoms with E-state index in [1.54, 1.807) is 6.07 Å². The Morgan fingerprint density at radius 2 is 1.94 bits per heavy atom. The molecule has 2 aliphatic rings. The van der Waals surface area contributed by atoms with Gasteiger partial charge in [0.25, 0.3) is 0 Å². The first-order chi connectivity index (χ1) is 16.6. The van der Waals surface area contributed by atoms with E-state index in [1.165, 1.54) is 17.3 Å². The Bertz CT molecular complexity index is 1150. The molecule has 2 unspecified atom stereocenters. The number of aromatic nitrogens is 2. The number of fused-ring (bicyclic) bond motifs is 1. The monoisotopic (exact) mass is 465 g/mol.